The van der Waals surface area contributed by atoms with Gasteiger partial charge in [0.15, 0.2) is 5.16 Å². The first-order chi connectivity index (χ1) is 8.72. The molecule has 2 heterocycles. The molecule has 0 aliphatic carbocycles. The van der Waals surface area contributed by atoms with Gasteiger partial charge in [0, 0.05) is 6.42 Å². The Hall–Kier alpha value is -1.10. The summed E-state index contributed by atoms with van der Waals surface area (Å²) in [6.07, 6.45) is 6.16. The average molecular weight is 264 g/mol. The zero-order chi connectivity index (χ0) is 13.1. The molecule has 0 atom stereocenters. The number of aryl methyl sites for hydroxylation is 3. The molecule has 5 heteroatoms. The van der Waals surface area contributed by atoms with Gasteiger partial charge in [-0.15, -0.1) is 5.10 Å². The van der Waals surface area contributed by atoms with E-state index in [-0.39, 0.29) is 0 Å². The second-order valence-electron chi connectivity index (χ2n) is 4.43. The Morgan fingerprint density at radius 1 is 1.11 bits per heavy atom. The second-order valence-corrected chi connectivity index (χ2v) is 5.20. The van der Waals surface area contributed by atoms with Crippen molar-refractivity contribution in [2.75, 3.05) is 6.26 Å². The van der Waals surface area contributed by atoms with E-state index < -0.39 is 0 Å². The summed E-state index contributed by atoms with van der Waals surface area (Å²) in [5, 5.41) is 9.64. The summed E-state index contributed by atoms with van der Waals surface area (Å²) in [4.78, 5) is 4.70. The number of hydrogen-bond acceptors (Lipinski definition) is 4. The van der Waals surface area contributed by atoms with Crippen LogP contribution in [0.3, 0.4) is 0 Å². The highest BCUT2D eigenvalue weighted by Gasteiger charge is 2.16. The van der Waals surface area contributed by atoms with Crippen molar-refractivity contribution in [2.45, 2.75) is 51.6 Å². The fourth-order valence-electron chi connectivity index (χ4n) is 2.26. The van der Waals surface area contributed by atoms with Gasteiger partial charge in [-0.2, -0.15) is 5.10 Å². The minimum absolute atomic E-state index is 0.939. The van der Waals surface area contributed by atoms with E-state index in [0.717, 1.165) is 48.1 Å². The third-order valence-corrected chi connectivity index (χ3v) is 3.61. The molecule has 2 rings (SSSR count). The highest BCUT2D eigenvalue weighted by atomic mass is 32.2. The van der Waals surface area contributed by atoms with Crippen molar-refractivity contribution in [3.63, 3.8) is 0 Å². The lowest BCUT2D eigenvalue weighted by molar-refractivity contribution is 0.714. The first-order valence-corrected chi connectivity index (χ1v) is 7.72. The molecule has 0 amide bonds. The Bertz CT molecular complexity index is 547. The maximum Gasteiger partial charge on any atom is 0.195 e. The van der Waals surface area contributed by atoms with E-state index in [9.17, 15) is 0 Å². The molecule has 0 radical (unpaired) electrons. The van der Waals surface area contributed by atoms with Gasteiger partial charge in [-0.3, -0.25) is 4.40 Å². The van der Waals surface area contributed by atoms with Gasteiger partial charge in [0.25, 0.3) is 0 Å². The Labute approximate surface area is 112 Å². The van der Waals surface area contributed by atoms with Crippen molar-refractivity contribution in [1.29, 1.82) is 0 Å². The Kier molecular flexibility index (Phi) is 4.22. The standard InChI is InChI=1S/C13H20N4S/c1-5-7-10-12-9(3)14-11(8-6-2)17(12)13(18-4)16-15-10/h5-8H2,1-4H3. The maximum atomic E-state index is 4.70. The molecule has 0 saturated carbocycles. The van der Waals surface area contributed by atoms with Gasteiger partial charge >= 0.3 is 0 Å². The van der Waals surface area contributed by atoms with Crippen LogP contribution in [0, 0.1) is 6.92 Å². The average Bonchev–Trinajstić information content (AvgIpc) is 2.69. The number of imidazole rings is 1. The molecule has 0 N–H and O–H groups in total. The molecule has 0 aliphatic heterocycles. The molecule has 0 unspecified atom stereocenters. The Morgan fingerprint density at radius 2 is 1.83 bits per heavy atom. The molecular formula is C13H20N4S. The van der Waals surface area contributed by atoms with Crippen LogP contribution >= 0.6 is 11.8 Å². The summed E-state index contributed by atoms with van der Waals surface area (Å²) in [7, 11) is 0. The van der Waals surface area contributed by atoms with Crippen molar-refractivity contribution in [3.05, 3.63) is 17.2 Å². The van der Waals surface area contributed by atoms with E-state index in [1.54, 1.807) is 11.8 Å². The molecule has 98 valence electrons. The predicted octanol–water partition coefficient (Wildman–Crippen LogP) is 3.06. The molecule has 0 bridgehead atoms. The van der Waals surface area contributed by atoms with Crippen LogP contribution in [0.15, 0.2) is 5.16 Å². The number of thioether (sulfide) groups is 1. The normalized spacial score (nSPS) is 11.3. The lowest BCUT2D eigenvalue weighted by Gasteiger charge is -2.07. The van der Waals surface area contributed by atoms with Crippen LogP contribution in [0.5, 0.6) is 0 Å². The number of nitrogens with zero attached hydrogens (tertiary/aromatic N) is 4. The molecule has 0 saturated heterocycles. The molecule has 0 spiro atoms. The molecule has 2 aromatic rings. The summed E-state index contributed by atoms with van der Waals surface area (Å²) < 4.78 is 2.20. The maximum absolute atomic E-state index is 4.70. The van der Waals surface area contributed by atoms with Gasteiger partial charge in [-0.25, -0.2) is 4.98 Å². The highest BCUT2D eigenvalue weighted by Crippen LogP contribution is 2.23. The van der Waals surface area contributed by atoms with Crippen molar-refractivity contribution >= 4 is 17.3 Å². The minimum atomic E-state index is 0.939. The van der Waals surface area contributed by atoms with E-state index in [2.05, 4.69) is 35.4 Å². The first kappa shape index (κ1) is 13.3. The number of hydrogen-bond donors (Lipinski definition) is 0. The Balaban J connectivity index is 2.71. The van der Waals surface area contributed by atoms with Crippen LogP contribution in [0.1, 0.15) is 43.9 Å². The SMILES string of the molecule is CCCc1nnc(SC)n2c(CCC)nc(C)c12. The molecule has 4 nitrogen and oxygen atoms in total. The van der Waals surface area contributed by atoms with E-state index >= 15 is 0 Å². The molecular weight excluding hydrogens is 244 g/mol. The molecule has 2 aromatic heterocycles. The summed E-state index contributed by atoms with van der Waals surface area (Å²) >= 11 is 1.63. The second kappa shape index (κ2) is 5.69. The van der Waals surface area contributed by atoms with Crippen molar-refractivity contribution in [3.8, 4) is 0 Å². The van der Waals surface area contributed by atoms with Crippen molar-refractivity contribution < 1.29 is 0 Å². The quantitative estimate of drug-likeness (QED) is 0.778. The number of rotatable bonds is 5. The van der Waals surface area contributed by atoms with Crippen LogP contribution in [-0.4, -0.2) is 25.8 Å². The van der Waals surface area contributed by atoms with Crippen molar-refractivity contribution in [2.24, 2.45) is 0 Å². The van der Waals surface area contributed by atoms with Crippen LogP contribution < -0.4 is 0 Å². The van der Waals surface area contributed by atoms with Crippen LogP contribution in [0.4, 0.5) is 0 Å². The van der Waals surface area contributed by atoms with Gasteiger partial charge < -0.3 is 0 Å². The highest BCUT2D eigenvalue weighted by molar-refractivity contribution is 7.98. The van der Waals surface area contributed by atoms with E-state index in [0.29, 0.717) is 0 Å². The molecule has 0 fully saturated rings. The van der Waals surface area contributed by atoms with Crippen LogP contribution in [0.2, 0.25) is 0 Å². The van der Waals surface area contributed by atoms with E-state index in [1.165, 1.54) is 5.52 Å². The predicted molar refractivity (Wildman–Crippen MR) is 75.3 cm³/mol. The van der Waals surface area contributed by atoms with Gasteiger partial charge in [-0.05, 0) is 26.0 Å². The smallest absolute Gasteiger partial charge is 0.195 e. The molecule has 18 heavy (non-hydrogen) atoms. The van der Waals surface area contributed by atoms with Crippen LogP contribution in [-0.2, 0) is 12.8 Å². The zero-order valence-corrected chi connectivity index (χ0v) is 12.3. The van der Waals surface area contributed by atoms with E-state index in [1.807, 2.05) is 6.26 Å². The number of aromatic nitrogens is 4. The minimum Gasteiger partial charge on any atom is -0.272 e. The zero-order valence-electron chi connectivity index (χ0n) is 11.5. The third kappa shape index (κ3) is 2.23. The van der Waals surface area contributed by atoms with E-state index in [4.69, 9.17) is 4.98 Å². The summed E-state index contributed by atoms with van der Waals surface area (Å²) in [5.74, 6) is 1.11. The lowest BCUT2D eigenvalue weighted by Crippen LogP contribution is -2.05. The lowest BCUT2D eigenvalue weighted by atomic mass is 10.2. The monoisotopic (exact) mass is 264 g/mol. The Morgan fingerprint density at radius 3 is 2.44 bits per heavy atom. The third-order valence-electron chi connectivity index (χ3n) is 2.99. The summed E-state index contributed by atoms with van der Waals surface area (Å²) in [5.41, 5.74) is 3.31. The fourth-order valence-corrected chi connectivity index (χ4v) is 2.76. The topological polar surface area (TPSA) is 43.1 Å². The number of fused-ring (bicyclic) bond motifs is 1. The molecule has 0 aromatic carbocycles. The van der Waals surface area contributed by atoms with Crippen molar-refractivity contribution in [1.82, 2.24) is 19.6 Å². The molecule has 0 aliphatic rings. The van der Waals surface area contributed by atoms with Gasteiger partial charge in [0.2, 0.25) is 0 Å². The summed E-state index contributed by atoms with van der Waals surface area (Å²) in [6, 6.07) is 0. The largest absolute Gasteiger partial charge is 0.272 e. The fraction of sp³-hybridized carbons (Fsp3) is 0.615. The summed E-state index contributed by atoms with van der Waals surface area (Å²) in [6.45, 7) is 6.41. The van der Waals surface area contributed by atoms with Gasteiger partial charge in [-0.1, -0.05) is 32.0 Å². The van der Waals surface area contributed by atoms with Crippen LogP contribution in [0.25, 0.3) is 5.52 Å². The first-order valence-electron chi connectivity index (χ1n) is 6.50. The van der Waals surface area contributed by atoms with Gasteiger partial charge in [0.05, 0.1) is 16.9 Å². The van der Waals surface area contributed by atoms with Gasteiger partial charge in [0.1, 0.15) is 5.82 Å².